The number of rotatable bonds is 8. The lowest BCUT2D eigenvalue weighted by Crippen LogP contribution is -2.18. The first kappa shape index (κ1) is 15.0. The standard InChI is InChI=1S/C15H19N3OS/c1-19-8-7-16-9-13-10-17-15(18-11-13)12-20-14-5-3-2-4-6-14/h2-6,10-11,16H,7-9,12H2,1H3. The number of aromatic nitrogens is 2. The molecule has 1 aromatic carbocycles. The summed E-state index contributed by atoms with van der Waals surface area (Å²) in [6, 6.07) is 10.3. The average Bonchev–Trinajstić information content (AvgIpc) is 2.52. The zero-order chi connectivity index (χ0) is 14.0. The molecule has 0 aliphatic heterocycles. The molecule has 1 heterocycles. The van der Waals surface area contributed by atoms with Gasteiger partial charge >= 0.3 is 0 Å². The highest BCUT2D eigenvalue weighted by molar-refractivity contribution is 7.98. The van der Waals surface area contributed by atoms with Crippen molar-refractivity contribution >= 4 is 11.8 Å². The van der Waals surface area contributed by atoms with Crippen LogP contribution in [0.15, 0.2) is 47.6 Å². The van der Waals surface area contributed by atoms with Gasteiger partial charge < -0.3 is 10.1 Å². The predicted molar refractivity (Wildman–Crippen MR) is 81.6 cm³/mol. The van der Waals surface area contributed by atoms with Gasteiger partial charge in [-0.2, -0.15) is 0 Å². The summed E-state index contributed by atoms with van der Waals surface area (Å²) in [6.45, 7) is 2.32. The number of thioether (sulfide) groups is 1. The summed E-state index contributed by atoms with van der Waals surface area (Å²) in [5, 5.41) is 3.27. The van der Waals surface area contributed by atoms with Crippen LogP contribution in [0.5, 0.6) is 0 Å². The Morgan fingerprint density at radius 3 is 2.60 bits per heavy atom. The Morgan fingerprint density at radius 2 is 1.90 bits per heavy atom. The highest BCUT2D eigenvalue weighted by Crippen LogP contribution is 2.20. The number of hydrogen-bond acceptors (Lipinski definition) is 5. The molecule has 20 heavy (non-hydrogen) atoms. The summed E-state index contributed by atoms with van der Waals surface area (Å²) in [6.07, 6.45) is 3.77. The van der Waals surface area contributed by atoms with E-state index in [0.29, 0.717) is 6.61 Å². The Labute approximate surface area is 124 Å². The van der Waals surface area contributed by atoms with Gasteiger partial charge in [0.15, 0.2) is 0 Å². The van der Waals surface area contributed by atoms with Gasteiger partial charge in [0.1, 0.15) is 5.82 Å². The van der Waals surface area contributed by atoms with Crippen molar-refractivity contribution in [2.45, 2.75) is 17.2 Å². The Balaban J connectivity index is 1.76. The molecule has 0 saturated carbocycles. The molecule has 0 radical (unpaired) electrons. The highest BCUT2D eigenvalue weighted by atomic mass is 32.2. The molecule has 0 fully saturated rings. The van der Waals surface area contributed by atoms with Crippen LogP contribution in [0.25, 0.3) is 0 Å². The topological polar surface area (TPSA) is 47.0 Å². The zero-order valence-corrected chi connectivity index (χ0v) is 12.4. The minimum atomic E-state index is 0.715. The lowest BCUT2D eigenvalue weighted by Gasteiger charge is -2.05. The minimum Gasteiger partial charge on any atom is -0.383 e. The largest absolute Gasteiger partial charge is 0.383 e. The van der Waals surface area contributed by atoms with Gasteiger partial charge in [0.05, 0.1) is 12.4 Å². The third-order valence-corrected chi connectivity index (χ3v) is 3.69. The van der Waals surface area contributed by atoms with E-state index < -0.39 is 0 Å². The van der Waals surface area contributed by atoms with E-state index in [1.54, 1.807) is 18.9 Å². The average molecular weight is 289 g/mol. The maximum absolute atomic E-state index is 4.98. The van der Waals surface area contributed by atoms with Crippen molar-refractivity contribution in [2.24, 2.45) is 0 Å². The maximum atomic E-state index is 4.98. The zero-order valence-electron chi connectivity index (χ0n) is 11.6. The van der Waals surface area contributed by atoms with E-state index in [-0.39, 0.29) is 0 Å². The maximum Gasteiger partial charge on any atom is 0.138 e. The molecule has 0 spiro atoms. The smallest absolute Gasteiger partial charge is 0.138 e. The number of benzene rings is 1. The van der Waals surface area contributed by atoms with E-state index in [4.69, 9.17) is 4.74 Å². The van der Waals surface area contributed by atoms with Gasteiger partial charge in [0.2, 0.25) is 0 Å². The summed E-state index contributed by atoms with van der Waals surface area (Å²) in [5.74, 6) is 1.65. The van der Waals surface area contributed by atoms with Crippen molar-refractivity contribution < 1.29 is 4.74 Å². The van der Waals surface area contributed by atoms with Crippen molar-refractivity contribution in [3.05, 3.63) is 54.1 Å². The van der Waals surface area contributed by atoms with Gasteiger partial charge in [-0.1, -0.05) is 18.2 Å². The van der Waals surface area contributed by atoms with E-state index in [0.717, 1.165) is 30.2 Å². The molecule has 0 aliphatic rings. The van der Waals surface area contributed by atoms with E-state index in [9.17, 15) is 0 Å². The quantitative estimate of drug-likeness (QED) is 0.597. The van der Waals surface area contributed by atoms with Crippen molar-refractivity contribution in [2.75, 3.05) is 20.3 Å². The Morgan fingerprint density at radius 1 is 1.15 bits per heavy atom. The molecule has 4 nitrogen and oxygen atoms in total. The summed E-state index contributed by atoms with van der Waals surface area (Å²) in [4.78, 5) is 10.0. The molecule has 5 heteroatoms. The third-order valence-electron chi connectivity index (χ3n) is 2.68. The summed E-state index contributed by atoms with van der Waals surface area (Å²) in [5.41, 5.74) is 1.09. The van der Waals surface area contributed by atoms with Crippen LogP contribution in [0.3, 0.4) is 0 Å². The second-order valence-corrected chi connectivity index (χ2v) is 5.33. The Hall–Kier alpha value is -1.43. The van der Waals surface area contributed by atoms with Gasteiger partial charge in [-0.05, 0) is 12.1 Å². The molecule has 2 rings (SSSR count). The molecule has 2 aromatic rings. The first-order chi connectivity index (χ1) is 9.88. The number of nitrogens with one attached hydrogen (secondary N) is 1. The van der Waals surface area contributed by atoms with Gasteiger partial charge in [-0.25, -0.2) is 9.97 Å². The molecule has 0 saturated heterocycles. The van der Waals surface area contributed by atoms with Gasteiger partial charge in [-0.15, -0.1) is 11.8 Å². The first-order valence-electron chi connectivity index (χ1n) is 6.56. The molecule has 1 aromatic heterocycles. The van der Waals surface area contributed by atoms with E-state index in [1.807, 2.05) is 30.6 Å². The molecule has 0 amide bonds. The fourth-order valence-electron chi connectivity index (χ4n) is 1.62. The summed E-state index contributed by atoms with van der Waals surface area (Å²) in [7, 11) is 1.70. The van der Waals surface area contributed by atoms with Gasteiger partial charge in [0, 0.05) is 43.1 Å². The summed E-state index contributed by atoms with van der Waals surface area (Å²) >= 11 is 1.75. The second-order valence-electron chi connectivity index (χ2n) is 4.28. The number of hydrogen-bond donors (Lipinski definition) is 1. The van der Waals surface area contributed by atoms with Crippen LogP contribution in [0.4, 0.5) is 0 Å². The van der Waals surface area contributed by atoms with Crippen molar-refractivity contribution in [1.29, 1.82) is 0 Å². The molecule has 106 valence electrons. The monoisotopic (exact) mass is 289 g/mol. The Bertz CT molecular complexity index is 490. The van der Waals surface area contributed by atoms with Crippen LogP contribution in [0.1, 0.15) is 11.4 Å². The van der Waals surface area contributed by atoms with E-state index in [2.05, 4.69) is 27.4 Å². The molecular weight excluding hydrogens is 270 g/mol. The molecule has 0 unspecified atom stereocenters. The number of nitrogens with zero attached hydrogens (tertiary/aromatic N) is 2. The summed E-state index contributed by atoms with van der Waals surface area (Å²) < 4.78 is 4.98. The molecule has 0 atom stereocenters. The lowest BCUT2D eigenvalue weighted by molar-refractivity contribution is 0.199. The normalized spacial score (nSPS) is 10.7. The third kappa shape index (κ3) is 5.28. The SMILES string of the molecule is COCCNCc1cnc(CSc2ccccc2)nc1. The van der Waals surface area contributed by atoms with E-state index >= 15 is 0 Å². The Kier molecular flexibility index (Phi) is 6.50. The minimum absolute atomic E-state index is 0.715. The predicted octanol–water partition coefficient (Wildman–Crippen LogP) is 2.50. The van der Waals surface area contributed by atoms with Crippen molar-refractivity contribution in [3.63, 3.8) is 0 Å². The number of ether oxygens (including phenoxy) is 1. The number of methoxy groups -OCH3 is 1. The fraction of sp³-hybridized carbons (Fsp3) is 0.333. The van der Waals surface area contributed by atoms with Crippen molar-refractivity contribution in [1.82, 2.24) is 15.3 Å². The van der Waals surface area contributed by atoms with Crippen LogP contribution < -0.4 is 5.32 Å². The van der Waals surface area contributed by atoms with Gasteiger partial charge in [0.25, 0.3) is 0 Å². The van der Waals surface area contributed by atoms with Crippen LogP contribution in [0, 0.1) is 0 Å². The van der Waals surface area contributed by atoms with Gasteiger partial charge in [-0.3, -0.25) is 0 Å². The molecule has 0 aliphatic carbocycles. The second kappa shape index (κ2) is 8.68. The van der Waals surface area contributed by atoms with Crippen LogP contribution in [-0.2, 0) is 17.0 Å². The molecule has 0 bridgehead atoms. The molecule has 1 N–H and O–H groups in total. The van der Waals surface area contributed by atoms with Crippen LogP contribution in [0.2, 0.25) is 0 Å². The van der Waals surface area contributed by atoms with Crippen LogP contribution in [-0.4, -0.2) is 30.2 Å². The van der Waals surface area contributed by atoms with Crippen molar-refractivity contribution in [3.8, 4) is 0 Å². The molecular formula is C15H19N3OS. The fourth-order valence-corrected chi connectivity index (χ4v) is 2.41. The first-order valence-corrected chi connectivity index (χ1v) is 7.54. The van der Waals surface area contributed by atoms with Crippen LogP contribution >= 0.6 is 11.8 Å². The lowest BCUT2D eigenvalue weighted by atomic mass is 10.3. The highest BCUT2D eigenvalue weighted by Gasteiger charge is 2.00. The van der Waals surface area contributed by atoms with E-state index in [1.165, 1.54) is 4.90 Å².